The lowest BCUT2D eigenvalue weighted by molar-refractivity contribution is -0.118. The zero-order chi connectivity index (χ0) is 26.9. The number of allylic oxidation sites excluding steroid dienone is 1. The van der Waals surface area contributed by atoms with E-state index in [0.717, 1.165) is 6.29 Å². The van der Waals surface area contributed by atoms with E-state index in [9.17, 15) is 14.4 Å². The van der Waals surface area contributed by atoms with Gasteiger partial charge >= 0.3 is 8.53 Å². The van der Waals surface area contributed by atoms with Gasteiger partial charge < -0.3 is 33.5 Å². The number of carbonyl (C=O) groups is 3. The zero-order valence-electron chi connectivity index (χ0n) is 21.9. The Hall–Kier alpha value is -2.20. The lowest BCUT2D eigenvalue weighted by Gasteiger charge is -2.26. The number of aldehydes is 2. The highest BCUT2D eigenvalue weighted by atomic mass is 31.2. The molecule has 10 nitrogen and oxygen atoms in total. The van der Waals surface area contributed by atoms with Gasteiger partial charge in [0, 0.05) is 26.5 Å². The molecule has 0 spiro atoms. The van der Waals surface area contributed by atoms with Gasteiger partial charge in [-0.05, 0) is 59.5 Å². The Kier molecular flexibility index (Phi) is 24.9. The largest absolute Gasteiger partial charge is 0.436 e. The van der Waals surface area contributed by atoms with Gasteiger partial charge in [-0.3, -0.25) is 9.59 Å². The van der Waals surface area contributed by atoms with Gasteiger partial charge in [-0.1, -0.05) is 18.2 Å². The molecule has 0 saturated heterocycles. The van der Waals surface area contributed by atoms with Crippen LogP contribution >= 0.6 is 8.53 Å². The fourth-order valence-electron chi connectivity index (χ4n) is 2.10. The van der Waals surface area contributed by atoms with Crippen LogP contribution in [0.2, 0.25) is 0 Å². The first-order valence-corrected chi connectivity index (χ1v) is 12.3. The highest BCUT2D eigenvalue weighted by Gasteiger charge is 2.20. The molecule has 2 N–H and O–H groups in total. The highest BCUT2D eigenvalue weighted by Crippen LogP contribution is 2.35. The first kappa shape index (κ1) is 35.0. The molecule has 0 aliphatic carbocycles. The molecule has 0 saturated carbocycles. The number of para-hydroxylation sites is 1. The van der Waals surface area contributed by atoms with Crippen molar-refractivity contribution in [2.75, 3.05) is 41.5 Å². The van der Waals surface area contributed by atoms with Crippen LogP contribution in [0.5, 0.6) is 5.75 Å². The number of benzene rings is 1. The second-order valence-corrected chi connectivity index (χ2v) is 8.51. The van der Waals surface area contributed by atoms with Gasteiger partial charge in [0.1, 0.15) is 18.3 Å². The number of ether oxygens (including phenoxy) is 2. The van der Waals surface area contributed by atoms with Crippen molar-refractivity contribution in [1.29, 1.82) is 0 Å². The molecule has 1 aromatic rings. The van der Waals surface area contributed by atoms with Gasteiger partial charge in [0.2, 0.25) is 6.41 Å². The third-order valence-electron chi connectivity index (χ3n) is 3.99. The van der Waals surface area contributed by atoms with Crippen molar-refractivity contribution in [1.82, 2.24) is 15.3 Å². The van der Waals surface area contributed by atoms with Gasteiger partial charge in [-0.25, -0.2) is 5.09 Å². The molecule has 1 rings (SSSR count). The van der Waals surface area contributed by atoms with E-state index in [1.54, 1.807) is 26.4 Å². The number of carbonyl (C=O) groups excluding carboxylic acids is 3. The van der Waals surface area contributed by atoms with E-state index in [2.05, 4.69) is 10.4 Å². The molecule has 0 aromatic heterocycles. The Morgan fingerprint density at radius 2 is 1.63 bits per heavy atom. The topological polar surface area (TPSA) is 115 Å². The normalized spacial score (nSPS) is 12.9. The standard InChI is InChI=1S/C18H25N2O6P.C4H10O.C2H7N/c1-16(20(15-23)10-6-11-21)13-18(24-2)14-25-27(19-9-12-22)26-17-7-4-3-5-8-17;1-4(2)5-3;1-3-2/h3-8,10-12,15-16,18-19H,9,13-14H2,1-2H3;4H,1-3H3;3H,1-2H3/b10-6-;;. The third kappa shape index (κ3) is 20.9. The van der Waals surface area contributed by atoms with Crippen LogP contribution in [0.1, 0.15) is 27.2 Å². The summed E-state index contributed by atoms with van der Waals surface area (Å²) in [6.07, 6.45) is 5.20. The molecule has 0 fully saturated rings. The summed E-state index contributed by atoms with van der Waals surface area (Å²) in [4.78, 5) is 33.6. The second kappa shape index (κ2) is 24.9. The Morgan fingerprint density at radius 3 is 2.09 bits per heavy atom. The van der Waals surface area contributed by atoms with E-state index in [0.29, 0.717) is 31.0 Å². The first-order chi connectivity index (χ1) is 16.8. The van der Waals surface area contributed by atoms with Gasteiger partial charge in [0.05, 0.1) is 25.4 Å². The maximum absolute atomic E-state index is 11.1. The summed E-state index contributed by atoms with van der Waals surface area (Å²) in [7, 11) is 5.46. The molecule has 35 heavy (non-hydrogen) atoms. The monoisotopic (exact) mass is 515 g/mol. The van der Waals surface area contributed by atoms with Gasteiger partial charge in [-0.15, -0.1) is 0 Å². The summed E-state index contributed by atoms with van der Waals surface area (Å²) in [5, 5.41) is 5.64. The smallest absolute Gasteiger partial charge is 0.318 e. The first-order valence-electron chi connectivity index (χ1n) is 11.1. The number of amides is 1. The number of nitrogens with one attached hydrogen (secondary N) is 2. The fraction of sp³-hybridized carbons (Fsp3) is 0.542. The zero-order valence-corrected chi connectivity index (χ0v) is 22.8. The minimum atomic E-state index is -1.54. The molecule has 11 heteroatoms. The number of nitrogens with zero attached hydrogens (tertiary/aromatic N) is 1. The maximum atomic E-state index is 11.1. The van der Waals surface area contributed by atoms with Crippen molar-refractivity contribution in [3.8, 4) is 5.75 Å². The predicted molar refractivity (Wildman–Crippen MR) is 139 cm³/mol. The number of methoxy groups -OCH3 is 2. The van der Waals surface area contributed by atoms with Crippen LogP contribution < -0.4 is 14.9 Å². The Labute approximate surface area is 211 Å². The molecular formula is C24H42N3O7P. The van der Waals surface area contributed by atoms with Gasteiger partial charge in [0.25, 0.3) is 0 Å². The van der Waals surface area contributed by atoms with Crippen molar-refractivity contribution in [3.05, 3.63) is 42.6 Å². The molecule has 0 heterocycles. The van der Waals surface area contributed by atoms with Crippen molar-refractivity contribution in [3.63, 3.8) is 0 Å². The Balaban J connectivity index is 0. The average Bonchev–Trinajstić information content (AvgIpc) is 2.86. The number of rotatable bonds is 16. The summed E-state index contributed by atoms with van der Waals surface area (Å²) in [5.41, 5.74) is 0. The molecule has 1 aromatic carbocycles. The quantitative estimate of drug-likeness (QED) is 0.195. The third-order valence-corrected chi connectivity index (χ3v) is 5.19. The van der Waals surface area contributed by atoms with E-state index in [4.69, 9.17) is 18.5 Å². The number of hydrogen-bond acceptors (Lipinski definition) is 9. The van der Waals surface area contributed by atoms with Crippen LogP contribution in [0.25, 0.3) is 0 Å². The van der Waals surface area contributed by atoms with Crippen LogP contribution in [-0.4, -0.2) is 83.6 Å². The predicted octanol–water partition coefficient (Wildman–Crippen LogP) is 2.94. The van der Waals surface area contributed by atoms with Crippen molar-refractivity contribution in [2.24, 2.45) is 0 Å². The summed E-state index contributed by atoms with van der Waals surface area (Å²) >= 11 is 0. The molecule has 1 amide bonds. The summed E-state index contributed by atoms with van der Waals surface area (Å²) in [6.45, 7) is 6.14. The molecule has 0 bridgehead atoms. The molecule has 0 aliphatic heterocycles. The molecule has 3 atom stereocenters. The van der Waals surface area contributed by atoms with E-state index in [-0.39, 0.29) is 25.3 Å². The van der Waals surface area contributed by atoms with Crippen molar-refractivity contribution >= 4 is 27.5 Å². The minimum absolute atomic E-state index is 0.0992. The fourth-order valence-corrected chi connectivity index (χ4v) is 3.15. The van der Waals surface area contributed by atoms with Crippen LogP contribution in [0.3, 0.4) is 0 Å². The van der Waals surface area contributed by atoms with E-state index in [1.807, 2.05) is 53.1 Å². The molecule has 200 valence electrons. The van der Waals surface area contributed by atoms with Crippen LogP contribution in [0.15, 0.2) is 42.6 Å². The van der Waals surface area contributed by atoms with Crippen LogP contribution in [0.4, 0.5) is 0 Å². The lowest BCUT2D eigenvalue weighted by atomic mass is 10.1. The van der Waals surface area contributed by atoms with Gasteiger partial charge in [-0.2, -0.15) is 0 Å². The second-order valence-electron chi connectivity index (χ2n) is 7.24. The average molecular weight is 516 g/mol. The minimum Gasteiger partial charge on any atom is -0.436 e. The summed E-state index contributed by atoms with van der Waals surface area (Å²) in [5.74, 6) is 0.621. The van der Waals surface area contributed by atoms with Crippen molar-refractivity contribution in [2.45, 2.75) is 45.4 Å². The molecule has 0 aliphatic rings. The maximum Gasteiger partial charge on any atom is 0.318 e. The Bertz CT molecular complexity index is 666. The lowest BCUT2D eigenvalue weighted by Crippen LogP contribution is -2.33. The molecular weight excluding hydrogens is 473 g/mol. The van der Waals surface area contributed by atoms with E-state index >= 15 is 0 Å². The molecule has 0 radical (unpaired) electrons. The van der Waals surface area contributed by atoms with E-state index < -0.39 is 8.53 Å². The van der Waals surface area contributed by atoms with Crippen molar-refractivity contribution < 1.29 is 32.9 Å². The Morgan fingerprint density at radius 1 is 1.03 bits per heavy atom. The van der Waals surface area contributed by atoms with E-state index in [1.165, 1.54) is 17.2 Å². The van der Waals surface area contributed by atoms with Gasteiger partial charge in [0.15, 0.2) is 0 Å². The van der Waals surface area contributed by atoms with Crippen LogP contribution in [0, 0.1) is 0 Å². The summed E-state index contributed by atoms with van der Waals surface area (Å²) in [6, 6.07) is 8.93. The number of hydrogen-bond donors (Lipinski definition) is 2. The highest BCUT2D eigenvalue weighted by molar-refractivity contribution is 7.45. The SMILES string of the molecule is CNC.COC(C)C.COC(COP(NCC=O)Oc1ccccc1)CC(C)N(C=O)/C=C\C=O. The summed E-state index contributed by atoms with van der Waals surface area (Å²) < 4.78 is 21.7. The van der Waals surface area contributed by atoms with Crippen LogP contribution in [-0.2, 0) is 28.4 Å². The molecule has 3 unspecified atom stereocenters.